The van der Waals surface area contributed by atoms with Crippen molar-refractivity contribution >= 4 is 118 Å². The minimum atomic E-state index is 0.595. The Labute approximate surface area is 396 Å². The quantitative estimate of drug-likeness (QED) is 0.173. The minimum absolute atomic E-state index is 0.595. The molecule has 5 nitrogen and oxygen atoms in total. The Bertz CT molecular complexity index is 4460. The Balaban J connectivity index is 1.03. The second-order valence-corrected chi connectivity index (χ2v) is 19.6. The third-order valence-corrected chi connectivity index (χ3v) is 15.9. The Kier molecular flexibility index (Phi) is 8.04. The Hall–Kier alpha value is -8.49. The highest BCUT2D eigenvalue weighted by molar-refractivity contribution is 7.26. The van der Waals surface area contributed by atoms with Crippen molar-refractivity contribution in [3.63, 3.8) is 0 Å². The van der Waals surface area contributed by atoms with Crippen LogP contribution in [-0.4, -0.2) is 19.5 Å². The molecule has 316 valence electrons. The third-order valence-electron chi connectivity index (χ3n) is 13.7. The van der Waals surface area contributed by atoms with Crippen molar-refractivity contribution < 1.29 is 4.42 Å². The van der Waals surface area contributed by atoms with Gasteiger partial charge in [-0.05, 0) is 101 Å². The molecule has 5 aromatic heterocycles. The van der Waals surface area contributed by atoms with Crippen LogP contribution in [0.4, 0.5) is 0 Å². The van der Waals surface area contributed by atoms with Crippen molar-refractivity contribution in [2.24, 2.45) is 0 Å². The SMILES string of the molecule is c1ccc2cc3c(cc2c1)c1ccccc1n3-c1ccc(-c2nc(-c3cccc4sc5ccccc5c34)nc(-c3cccc4sc5ccccc5c34)n2)c(-c2ccc3c(c2)oc2ccccc23)c1. The molecule has 0 saturated heterocycles. The zero-order chi connectivity index (χ0) is 44.5. The first-order valence-electron chi connectivity index (χ1n) is 22.7. The van der Waals surface area contributed by atoms with Gasteiger partial charge in [-0.3, -0.25) is 0 Å². The summed E-state index contributed by atoms with van der Waals surface area (Å²) >= 11 is 3.60. The first-order valence-corrected chi connectivity index (χ1v) is 24.4. The molecule has 7 heteroatoms. The van der Waals surface area contributed by atoms with Crippen LogP contribution >= 0.6 is 22.7 Å². The number of rotatable bonds is 5. The monoisotopic (exact) mass is 902 g/mol. The van der Waals surface area contributed by atoms with Crippen LogP contribution in [0.15, 0.2) is 211 Å². The molecule has 0 spiro atoms. The molecule has 0 aliphatic carbocycles. The van der Waals surface area contributed by atoms with E-state index in [9.17, 15) is 0 Å². The van der Waals surface area contributed by atoms with E-state index in [2.05, 4.69) is 199 Å². The number of para-hydroxylation sites is 2. The van der Waals surface area contributed by atoms with Crippen molar-refractivity contribution in [3.8, 4) is 51.0 Å². The first kappa shape index (κ1) is 37.7. The second-order valence-electron chi connectivity index (χ2n) is 17.5. The fourth-order valence-corrected chi connectivity index (χ4v) is 12.9. The maximum atomic E-state index is 6.57. The molecule has 0 amide bonds. The van der Waals surface area contributed by atoms with E-state index in [4.69, 9.17) is 19.4 Å². The molecule has 0 unspecified atom stereocenters. The van der Waals surface area contributed by atoms with Gasteiger partial charge in [0.1, 0.15) is 11.2 Å². The zero-order valence-electron chi connectivity index (χ0n) is 36.1. The summed E-state index contributed by atoms with van der Waals surface area (Å²) in [4.78, 5) is 16.5. The number of fused-ring (bicyclic) bond motifs is 13. The first-order chi connectivity index (χ1) is 33.7. The average Bonchev–Trinajstić information content (AvgIpc) is 4.16. The summed E-state index contributed by atoms with van der Waals surface area (Å²) in [7, 11) is 0. The molecule has 0 saturated carbocycles. The molecule has 15 aromatic rings. The van der Waals surface area contributed by atoms with E-state index in [-0.39, 0.29) is 0 Å². The average molecular weight is 903 g/mol. The van der Waals surface area contributed by atoms with Gasteiger partial charge in [0.2, 0.25) is 0 Å². The summed E-state index contributed by atoms with van der Waals surface area (Å²) in [5, 5.41) is 11.7. The predicted molar refractivity (Wildman–Crippen MR) is 286 cm³/mol. The summed E-state index contributed by atoms with van der Waals surface area (Å²) < 4.78 is 13.8. The largest absolute Gasteiger partial charge is 0.456 e. The van der Waals surface area contributed by atoms with Gasteiger partial charge >= 0.3 is 0 Å². The summed E-state index contributed by atoms with van der Waals surface area (Å²) in [6.45, 7) is 0. The summed E-state index contributed by atoms with van der Waals surface area (Å²) in [5.41, 5.74) is 9.85. The highest BCUT2D eigenvalue weighted by Crippen LogP contribution is 2.45. The lowest BCUT2D eigenvalue weighted by Gasteiger charge is -2.16. The molecule has 5 heterocycles. The van der Waals surface area contributed by atoms with E-state index >= 15 is 0 Å². The standard InChI is InChI=1S/C61H34N4OS2/c1-2-14-36-32-50-48(31-35(36)13-1)39-15-3-7-21-49(39)65(50)38-28-30-42(47(34-38)37-27-29-41-40-16-4-8-22-51(40)66-52(41)33-37)59-62-60(45-19-11-25-55-57(45)43-17-5-9-23-53(43)67-55)64-61(63-59)46-20-12-26-56-58(46)44-18-6-10-24-54(44)68-56/h1-34H. The van der Waals surface area contributed by atoms with E-state index in [0.29, 0.717) is 17.5 Å². The van der Waals surface area contributed by atoms with Gasteiger partial charge in [-0.1, -0.05) is 127 Å². The zero-order valence-corrected chi connectivity index (χ0v) is 37.8. The minimum Gasteiger partial charge on any atom is -0.456 e. The molecule has 10 aromatic carbocycles. The van der Waals surface area contributed by atoms with Gasteiger partial charge in [-0.2, -0.15) is 0 Å². The van der Waals surface area contributed by atoms with E-state index in [1.54, 1.807) is 22.7 Å². The summed E-state index contributed by atoms with van der Waals surface area (Å²) in [6, 6.07) is 73.8. The number of furan rings is 1. The van der Waals surface area contributed by atoms with Gasteiger partial charge < -0.3 is 8.98 Å². The third kappa shape index (κ3) is 5.64. The second kappa shape index (κ2) is 14.5. The van der Waals surface area contributed by atoms with Crippen LogP contribution in [0.2, 0.25) is 0 Å². The summed E-state index contributed by atoms with van der Waals surface area (Å²) in [6.07, 6.45) is 0. The molecule has 68 heavy (non-hydrogen) atoms. The number of benzene rings is 10. The number of thiophene rings is 2. The van der Waals surface area contributed by atoms with Crippen LogP contribution in [0.1, 0.15) is 0 Å². The molecule has 15 rings (SSSR count). The van der Waals surface area contributed by atoms with E-state index in [1.165, 1.54) is 51.1 Å². The van der Waals surface area contributed by atoms with Gasteiger partial charge in [0.05, 0.1) is 11.0 Å². The molecule has 0 aliphatic heterocycles. The summed E-state index contributed by atoms with van der Waals surface area (Å²) in [5.74, 6) is 1.86. The Morgan fingerprint density at radius 2 is 0.897 bits per heavy atom. The molecule has 0 aliphatic rings. The van der Waals surface area contributed by atoms with E-state index in [1.807, 2.05) is 12.1 Å². The van der Waals surface area contributed by atoms with Crippen molar-refractivity contribution in [2.45, 2.75) is 0 Å². The molecular formula is C61H34N4OS2. The number of nitrogens with zero attached hydrogens (tertiary/aromatic N) is 4. The van der Waals surface area contributed by atoms with Crippen LogP contribution < -0.4 is 0 Å². The van der Waals surface area contributed by atoms with E-state index < -0.39 is 0 Å². The van der Waals surface area contributed by atoms with Crippen molar-refractivity contribution in [1.82, 2.24) is 19.5 Å². The smallest absolute Gasteiger partial charge is 0.164 e. The van der Waals surface area contributed by atoms with Crippen LogP contribution in [0, 0.1) is 0 Å². The van der Waals surface area contributed by atoms with Gasteiger partial charge in [0.15, 0.2) is 17.5 Å². The molecular weight excluding hydrogens is 869 g/mol. The topological polar surface area (TPSA) is 56.7 Å². The van der Waals surface area contributed by atoms with Crippen LogP contribution in [0.25, 0.3) is 146 Å². The highest BCUT2D eigenvalue weighted by Gasteiger charge is 2.23. The predicted octanol–water partition coefficient (Wildman–Crippen LogP) is 17.4. The highest BCUT2D eigenvalue weighted by atomic mass is 32.1. The fourth-order valence-electron chi connectivity index (χ4n) is 10.6. The van der Waals surface area contributed by atoms with Crippen molar-refractivity contribution in [2.75, 3.05) is 0 Å². The van der Waals surface area contributed by atoms with Crippen LogP contribution in [-0.2, 0) is 0 Å². The Morgan fingerprint density at radius 3 is 1.60 bits per heavy atom. The van der Waals surface area contributed by atoms with Crippen LogP contribution in [0.5, 0.6) is 0 Å². The molecule has 0 atom stereocenters. The maximum Gasteiger partial charge on any atom is 0.164 e. The lowest BCUT2D eigenvalue weighted by atomic mass is 9.96. The maximum absolute atomic E-state index is 6.57. The molecule has 0 bridgehead atoms. The normalized spacial score (nSPS) is 12.1. The molecule has 0 fully saturated rings. The number of hydrogen-bond donors (Lipinski definition) is 0. The van der Waals surface area contributed by atoms with Gasteiger partial charge in [-0.25, -0.2) is 15.0 Å². The van der Waals surface area contributed by atoms with Crippen molar-refractivity contribution in [1.29, 1.82) is 0 Å². The fraction of sp³-hybridized carbons (Fsp3) is 0. The Morgan fingerprint density at radius 1 is 0.338 bits per heavy atom. The van der Waals surface area contributed by atoms with Gasteiger partial charge in [0, 0.05) is 84.3 Å². The van der Waals surface area contributed by atoms with E-state index in [0.717, 1.165) is 77.2 Å². The van der Waals surface area contributed by atoms with Gasteiger partial charge in [-0.15, -0.1) is 22.7 Å². The van der Waals surface area contributed by atoms with Crippen LogP contribution in [0.3, 0.4) is 0 Å². The number of aromatic nitrogens is 4. The van der Waals surface area contributed by atoms with Crippen molar-refractivity contribution in [3.05, 3.63) is 206 Å². The van der Waals surface area contributed by atoms with Gasteiger partial charge in [0.25, 0.3) is 0 Å². The molecule has 0 N–H and O–H groups in total. The molecule has 0 radical (unpaired) electrons. The number of hydrogen-bond acceptors (Lipinski definition) is 6. The lowest BCUT2D eigenvalue weighted by Crippen LogP contribution is -2.02. The lowest BCUT2D eigenvalue weighted by molar-refractivity contribution is 0.669.